The molecule has 1 unspecified atom stereocenters. The molecule has 13 heteroatoms. The van der Waals surface area contributed by atoms with E-state index in [1.54, 1.807) is 29.6 Å². The van der Waals surface area contributed by atoms with E-state index in [2.05, 4.69) is 15.4 Å². The van der Waals surface area contributed by atoms with Crippen molar-refractivity contribution in [1.29, 1.82) is 5.41 Å². The number of aliphatic carboxylic acids is 1. The van der Waals surface area contributed by atoms with Crippen LogP contribution in [0.1, 0.15) is 26.3 Å². The van der Waals surface area contributed by atoms with Crippen molar-refractivity contribution in [3.05, 3.63) is 82.7 Å². The summed E-state index contributed by atoms with van der Waals surface area (Å²) < 4.78 is 26.6. The number of hydrogen-bond acceptors (Lipinski definition) is 7. The van der Waals surface area contributed by atoms with Gasteiger partial charge in [0.05, 0.1) is 0 Å². The molecule has 2 amide bonds. The van der Waals surface area contributed by atoms with Crippen molar-refractivity contribution < 1.29 is 27.9 Å². The number of amides is 2. The van der Waals surface area contributed by atoms with Crippen molar-refractivity contribution >= 4 is 50.7 Å². The summed E-state index contributed by atoms with van der Waals surface area (Å²) in [5, 5.41) is 23.3. The topological polar surface area (TPSA) is 192 Å². The van der Waals surface area contributed by atoms with Crippen molar-refractivity contribution in [1.82, 2.24) is 10.0 Å². The van der Waals surface area contributed by atoms with Crippen LogP contribution in [-0.4, -0.2) is 49.7 Å². The molecular weight excluding hydrogens is 494 g/mol. The number of carboxylic acid groups (broad SMARTS) is 1. The highest BCUT2D eigenvalue weighted by Gasteiger charge is 2.26. The SMILES string of the molecule is N=C(N)c1ccc(NC(=O)c2ccc(C(=O)NCC(NS(=O)(=O)c3cccs3)C(=O)O)cc2)cc1. The summed E-state index contributed by atoms with van der Waals surface area (Å²) in [5.41, 5.74) is 6.83. The predicted molar refractivity (Wildman–Crippen MR) is 130 cm³/mol. The van der Waals surface area contributed by atoms with Gasteiger partial charge in [0.2, 0.25) is 0 Å². The zero-order valence-electron chi connectivity index (χ0n) is 18.0. The Balaban J connectivity index is 1.59. The summed E-state index contributed by atoms with van der Waals surface area (Å²) in [5.74, 6) is -2.61. The van der Waals surface area contributed by atoms with Crippen LogP contribution in [0.4, 0.5) is 5.69 Å². The lowest BCUT2D eigenvalue weighted by Crippen LogP contribution is -2.48. The van der Waals surface area contributed by atoms with Gasteiger partial charge in [0, 0.05) is 28.9 Å². The lowest BCUT2D eigenvalue weighted by molar-refractivity contribution is -0.138. The smallest absolute Gasteiger partial charge is 0.323 e. The maximum absolute atomic E-state index is 12.4. The van der Waals surface area contributed by atoms with E-state index in [-0.39, 0.29) is 21.2 Å². The maximum atomic E-state index is 12.4. The Morgan fingerprint density at radius 2 is 1.51 bits per heavy atom. The minimum absolute atomic E-state index is 0.0428. The quantitative estimate of drug-likeness (QED) is 0.174. The van der Waals surface area contributed by atoms with E-state index >= 15 is 0 Å². The molecule has 35 heavy (non-hydrogen) atoms. The van der Waals surface area contributed by atoms with E-state index in [1.165, 1.54) is 36.4 Å². The fourth-order valence-electron chi connectivity index (χ4n) is 2.85. The van der Waals surface area contributed by atoms with Gasteiger partial charge in [0.25, 0.3) is 21.8 Å². The van der Waals surface area contributed by atoms with Crippen LogP contribution in [-0.2, 0) is 14.8 Å². The fraction of sp³-hybridized carbons (Fsp3) is 0.0909. The van der Waals surface area contributed by atoms with E-state index in [0.717, 1.165) is 11.3 Å². The number of thiophene rings is 1. The molecule has 3 aromatic rings. The van der Waals surface area contributed by atoms with Gasteiger partial charge in [-0.3, -0.25) is 19.8 Å². The molecular formula is C22H21N5O6S2. The van der Waals surface area contributed by atoms with Gasteiger partial charge in [-0.05, 0) is 60.0 Å². The van der Waals surface area contributed by atoms with Gasteiger partial charge in [0.1, 0.15) is 16.1 Å². The molecule has 0 aliphatic heterocycles. The molecule has 0 bridgehead atoms. The monoisotopic (exact) mass is 515 g/mol. The zero-order chi connectivity index (χ0) is 25.6. The van der Waals surface area contributed by atoms with Gasteiger partial charge < -0.3 is 21.5 Å². The molecule has 0 saturated heterocycles. The van der Waals surface area contributed by atoms with Crippen molar-refractivity contribution in [2.45, 2.75) is 10.3 Å². The first-order valence-electron chi connectivity index (χ1n) is 9.99. The molecule has 0 aliphatic rings. The number of anilines is 1. The average molecular weight is 516 g/mol. The van der Waals surface area contributed by atoms with Crippen LogP contribution >= 0.6 is 11.3 Å². The normalized spacial score (nSPS) is 11.9. The number of carboxylic acids is 1. The van der Waals surface area contributed by atoms with Crippen LogP contribution in [0.5, 0.6) is 0 Å². The summed E-state index contributed by atoms with van der Waals surface area (Å²) >= 11 is 0.934. The number of amidine groups is 1. The third-order valence-corrected chi connectivity index (χ3v) is 7.55. The Hall–Kier alpha value is -4.07. The number of nitrogen functional groups attached to an aromatic ring is 1. The largest absolute Gasteiger partial charge is 0.480 e. The molecule has 2 aromatic carbocycles. The summed E-state index contributed by atoms with van der Waals surface area (Å²) in [7, 11) is -4.05. The van der Waals surface area contributed by atoms with E-state index in [1.807, 2.05) is 0 Å². The van der Waals surface area contributed by atoms with Crippen LogP contribution in [0, 0.1) is 5.41 Å². The molecule has 7 N–H and O–H groups in total. The van der Waals surface area contributed by atoms with Crippen molar-refractivity contribution in [2.24, 2.45) is 5.73 Å². The lowest BCUT2D eigenvalue weighted by Gasteiger charge is -2.15. The first-order chi connectivity index (χ1) is 16.6. The highest BCUT2D eigenvalue weighted by Crippen LogP contribution is 2.16. The number of nitrogens with two attached hydrogens (primary N) is 1. The highest BCUT2D eigenvalue weighted by atomic mass is 32.2. The molecule has 11 nitrogen and oxygen atoms in total. The predicted octanol–water partition coefficient (Wildman–Crippen LogP) is 1.45. The Kier molecular flexibility index (Phi) is 7.96. The van der Waals surface area contributed by atoms with E-state index in [4.69, 9.17) is 11.1 Å². The number of rotatable bonds is 10. The zero-order valence-corrected chi connectivity index (χ0v) is 19.7. The molecule has 1 aromatic heterocycles. The second kappa shape index (κ2) is 10.9. The third kappa shape index (κ3) is 6.72. The van der Waals surface area contributed by atoms with Gasteiger partial charge in [-0.2, -0.15) is 4.72 Å². The number of hydrogen-bond donors (Lipinski definition) is 6. The standard InChI is InChI=1S/C22H21N5O6S2/c23-19(24)13-7-9-16(10-8-13)26-21(29)15-5-3-14(4-6-15)20(28)25-12-17(22(30)31)27-35(32,33)18-2-1-11-34-18/h1-11,17,27H,12H2,(H3,23,24)(H,25,28)(H,26,29)(H,30,31). The molecule has 0 fully saturated rings. The van der Waals surface area contributed by atoms with E-state index < -0.39 is 40.4 Å². The number of carbonyl (C=O) groups excluding carboxylic acids is 2. The fourth-order valence-corrected chi connectivity index (χ4v) is 5.05. The summed E-state index contributed by atoms with van der Waals surface area (Å²) in [6.07, 6.45) is 0. The molecule has 182 valence electrons. The van der Waals surface area contributed by atoms with Crippen LogP contribution in [0.25, 0.3) is 0 Å². The highest BCUT2D eigenvalue weighted by molar-refractivity contribution is 7.91. The second-order valence-electron chi connectivity index (χ2n) is 7.18. The van der Waals surface area contributed by atoms with Crippen LogP contribution in [0.3, 0.4) is 0 Å². The number of sulfonamides is 1. The Bertz CT molecular complexity index is 1340. The van der Waals surface area contributed by atoms with Gasteiger partial charge in [-0.25, -0.2) is 8.42 Å². The van der Waals surface area contributed by atoms with Crippen molar-refractivity contribution in [2.75, 3.05) is 11.9 Å². The molecule has 0 saturated carbocycles. The summed E-state index contributed by atoms with van der Waals surface area (Å²) in [4.78, 5) is 36.3. The third-order valence-electron chi connectivity index (χ3n) is 4.69. The second-order valence-corrected chi connectivity index (χ2v) is 10.1. The average Bonchev–Trinajstić information content (AvgIpc) is 3.38. The van der Waals surface area contributed by atoms with Gasteiger partial charge >= 0.3 is 5.97 Å². The molecule has 1 heterocycles. The molecule has 0 radical (unpaired) electrons. The maximum Gasteiger partial charge on any atom is 0.323 e. The van der Waals surface area contributed by atoms with Gasteiger partial charge in [-0.15, -0.1) is 11.3 Å². The Labute approximate surface area is 204 Å². The number of nitrogens with one attached hydrogen (secondary N) is 4. The van der Waals surface area contributed by atoms with Crippen molar-refractivity contribution in [3.63, 3.8) is 0 Å². The summed E-state index contributed by atoms with van der Waals surface area (Å²) in [6.45, 7) is -0.489. The molecule has 3 rings (SSSR count). The van der Waals surface area contributed by atoms with Crippen LogP contribution in [0.15, 0.2) is 70.3 Å². The summed E-state index contributed by atoms with van der Waals surface area (Å²) in [6, 6.07) is 13.3. The Morgan fingerprint density at radius 1 is 0.943 bits per heavy atom. The minimum atomic E-state index is -4.05. The minimum Gasteiger partial charge on any atom is -0.480 e. The molecule has 0 aliphatic carbocycles. The van der Waals surface area contributed by atoms with Gasteiger partial charge in [-0.1, -0.05) is 6.07 Å². The first-order valence-corrected chi connectivity index (χ1v) is 12.4. The van der Waals surface area contributed by atoms with E-state index in [0.29, 0.717) is 11.3 Å². The van der Waals surface area contributed by atoms with Gasteiger partial charge in [0.15, 0.2) is 0 Å². The molecule has 1 atom stereocenters. The Morgan fingerprint density at radius 3 is 2.03 bits per heavy atom. The number of benzene rings is 2. The van der Waals surface area contributed by atoms with Crippen LogP contribution in [0.2, 0.25) is 0 Å². The van der Waals surface area contributed by atoms with Crippen LogP contribution < -0.4 is 21.1 Å². The number of carbonyl (C=O) groups is 3. The molecule has 0 spiro atoms. The first kappa shape index (κ1) is 25.6. The van der Waals surface area contributed by atoms with E-state index in [9.17, 15) is 27.9 Å². The van der Waals surface area contributed by atoms with Crippen molar-refractivity contribution in [3.8, 4) is 0 Å². The lowest BCUT2D eigenvalue weighted by atomic mass is 10.1.